The summed E-state index contributed by atoms with van der Waals surface area (Å²) in [7, 11) is 1.51. The fourth-order valence-electron chi connectivity index (χ4n) is 4.36. The average Bonchev–Trinajstić information content (AvgIpc) is 3.59. The van der Waals surface area contributed by atoms with Gasteiger partial charge in [0.05, 0.1) is 25.3 Å². The van der Waals surface area contributed by atoms with Crippen molar-refractivity contribution in [2.45, 2.75) is 33.2 Å². The molecule has 1 atom stereocenters. The molecule has 1 amide bonds. The third kappa shape index (κ3) is 4.63. The fourth-order valence-corrected chi connectivity index (χ4v) is 5.08. The molecule has 0 aliphatic carbocycles. The van der Waals surface area contributed by atoms with E-state index in [1.165, 1.54) is 23.3 Å². The summed E-state index contributed by atoms with van der Waals surface area (Å²) in [5.41, 5.74) is 0.867. The molecule has 2 aromatic heterocycles. The highest BCUT2D eigenvalue weighted by Gasteiger charge is 2.47. The van der Waals surface area contributed by atoms with Crippen molar-refractivity contribution in [2.75, 3.05) is 18.6 Å². The molecular weight excluding hydrogens is 506 g/mol. The standard InChI is InChI=1S/C28H27N3O6S/c1-15(2)11-12-36-19-9-5-7-17(13-19)23-22(25(33)27(34)31(23)28-30-29-16(3)38-28)24(32)21-14-18-8-6-10-20(35-4)26(18)37-21/h5-10,13-15,23,33H,11-12H2,1-4H3. The number of hydrogen-bond acceptors (Lipinski definition) is 9. The Kier molecular flexibility index (Phi) is 6.90. The highest BCUT2D eigenvalue weighted by molar-refractivity contribution is 7.15. The zero-order valence-corrected chi connectivity index (χ0v) is 22.2. The highest BCUT2D eigenvalue weighted by Crippen LogP contribution is 2.44. The summed E-state index contributed by atoms with van der Waals surface area (Å²) in [5, 5.41) is 20.8. The largest absolute Gasteiger partial charge is 0.503 e. The van der Waals surface area contributed by atoms with E-state index in [9.17, 15) is 14.7 Å². The number of methoxy groups -OCH3 is 1. The van der Waals surface area contributed by atoms with Gasteiger partial charge in [0, 0.05) is 5.39 Å². The molecule has 5 rings (SSSR count). The summed E-state index contributed by atoms with van der Waals surface area (Å²) < 4.78 is 17.2. The summed E-state index contributed by atoms with van der Waals surface area (Å²) in [6.07, 6.45) is 0.877. The summed E-state index contributed by atoms with van der Waals surface area (Å²) in [6.45, 7) is 6.52. The number of Topliss-reactive ketones (excluding diaryl/α,β-unsaturated/α-hetero) is 1. The number of anilines is 1. The lowest BCUT2D eigenvalue weighted by atomic mass is 9.95. The number of benzene rings is 2. The third-order valence-electron chi connectivity index (χ3n) is 6.26. The van der Waals surface area contributed by atoms with Crippen molar-refractivity contribution >= 4 is 39.1 Å². The molecule has 0 bridgehead atoms. The van der Waals surface area contributed by atoms with Crippen LogP contribution in [0.5, 0.6) is 11.5 Å². The molecule has 38 heavy (non-hydrogen) atoms. The molecule has 0 fully saturated rings. The van der Waals surface area contributed by atoms with Gasteiger partial charge in [-0.05, 0) is 49.1 Å². The van der Waals surface area contributed by atoms with Crippen molar-refractivity contribution in [3.8, 4) is 11.5 Å². The first kappa shape index (κ1) is 25.5. The molecule has 1 aliphatic rings. The van der Waals surface area contributed by atoms with Crippen LogP contribution in [0.3, 0.4) is 0 Å². The van der Waals surface area contributed by atoms with E-state index in [4.69, 9.17) is 13.9 Å². The number of fused-ring (bicyclic) bond motifs is 1. The zero-order chi connectivity index (χ0) is 27.0. The Bertz CT molecular complexity index is 1550. The van der Waals surface area contributed by atoms with Crippen LogP contribution in [-0.4, -0.2) is 40.7 Å². The van der Waals surface area contributed by atoms with Gasteiger partial charge in [-0.2, -0.15) is 0 Å². The van der Waals surface area contributed by atoms with Gasteiger partial charge < -0.3 is 19.0 Å². The molecule has 2 aromatic carbocycles. The van der Waals surface area contributed by atoms with Gasteiger partial charge in [-0.1, -0.05) is 49.4 Å². The lowest BCUT2D eigenvalue weighted by Crippen LogP contribution is -2.31. The second kappa shape index (κ2) is 10.3. The molecule has 0 spiro atoms. The molecule has 1 aliphatic heterocycles. The minimum atomic E-state index is -0.967. The quantitative estimate of drug-likeness (QED) is 0.268. The number of ketones is 1. The Morgan fingerprint density at radius 3 is 2.68 bits per heavy atom. The van der Waals surface area contributed by atoms with Crippen LogP contribution in [-0.2, 0) is 4.79 Å². The first-order chi connectivity index (χ1) is 18.3. The molecule has 4 aromatic rings. The molecule has 1 N–H and O–H groups in total. The van der Waals surface area contributed by atoms with Crippen LogP contribution in [0.4, 0.5) is 5.13 Å². The summed E-state index contributed by atoms with van der Waals surface area (Å²) in [6, 6.07) is 13.1. The predicted molar refractivity (Wildman–Crippen MR) is 143 cm³/mol. The summed E-state index contributed by atoms with van der Waals surface area (Å²) >= 11 is 1.19. The normalized spacial score (nSPS) is 15.7. The maximum absolute atomic E-state index is 13.9. The number of hydrogen-bond donors (Lipinski definition) is 1. The topological polar surface area (TPSA) is 115 Å². The number of aliphatic hydroxyl groups excluding tert-OH is 1. The summed E-state index contributed by atoms with van der Waals surface area (Å²) in [5.74, 6) is -0.502. The van der Waals surface area contributed by atoms with Gasteiger partial charge in [0.15, 0.2) is 22.9 Å². The number of amides is 1. The SMILES string of the molecule is COc1cccc2cc(C(=O)C3=C(O)C(=O)N(c4nnc(C)s4)C3c3cccc(OCCC(C)C)c3)oc12. The summed E-state index contributed by atoms with van der Waals surface area (Å²) in [4.78, 5) is 28.5. The van der Waals surface area contributed by atoms with Crippen LogP contribution in [0.25, 0.3) is 11.0 Å². The lowest BCUT2D eigenvalue weighted by molar-refractivity contribution is -0.117. The lowest BCUT2D eigenvalue weighted by Gasteiger charge is -2.24. The maximum atomic E-state index is 13.9. The molecule has 0 saturated carbocycles. The second-order valence-electron chi connectivity index (χ2n) is 9.37. The van der Waals surface area contributed by atoms with Gasteiger partial charge in [0.1, 0.15) is 10.8 Å². The van der Waals surface area contributed by atoms with Crippen LogP contribution in [0, 0.1) is 12.8 Å². The van der Waals surface area contributed by atoms with Gasteiger partial charge in [-0.15, -0.1) is 10.2 Å². The predicted octanol–water partition coefficient (Wildman–Crippen LogP) is 5.81. The van der Waals surface area contributed by atoms with Gasteiger partial charge >= 0.3 is 0 Å². The second-order valence-corrected chi connectivity index (χ2v) is 10.5. The Hall–Kier alpha value is -4.18. The van der Waals surface area contributed by atoms with Crippen molar-refractivity contribution in [1.82, 2.24) is 10.2 Å². The van der Waals surface area contributed by atoms with Crippen LogP contribution in [0.15, 0.2) is 64.3 Å². The minimum absolute atomic E-state index is 0.0246. The van der Waals surface area contributed by atoms with Crippen molar-refractivity contribution in [3.05, 3.63) is 76.2 Å². The molecule has 0 saturated heterocycles. The van der Waals surface area contributed by atoms with E-state index in [-0.39, 0.29) is 16.5 Å². The van der Waals surface area contributed by atoms with Gasteiger partial charge in [0.25, 0.3) is 5.91 Å². The number of carbonyl (C=O) groups excluding carboxylic acids is 2. The number of ether oxygens (including phenoxy) is 2. The maximum Gasteiger partial charge on any atom is 0.296 e. The van der Waals surface area contributed by atoms with Crippen LogP contribution >= 0.6 is 11.3 Å². The van der Waals surface area contributed by atoms with Gasteiger partial charge in [-0.25, -0.2) is 0 Å². The number of aromatic nitrogens is 2. The van der Waals surface area contributed by atoms with Crippen LogP contribution in [0.2, 0.25) is 0 Å². The molecule has 196 valence electrons. The number of aryl methyl sites for hydroxylation is 1. The van der Waals surface area contributed by atoms with E-state index < -0.39 is 23.5 Å². The number of carbonyl (C=O) groups is 2. The number of nitrogens with zero attached hydrogens (tertiary/aromatic N) is 3. The van der Waals surface area contributed by atoms with Crippen molar-refractivity contribution in [2.24, 2.45) is 5.92 Å². The number of aliphatic hydroxyl groups is 1. The first-order valence-electron chi connectivity index (χ1n) is 12.2. The van der Waals surface area contributed by atoms with Gasteiger partial charge in [-0.3, -0.25) is 14.5 Å². The van der Waals surface area contributed by atoms with E-state index in [0.717, 1.165) is 6.42 Å². The Morgan fingerprint density at radius 1 is 1.18 bits per heavy atom. The van der Waals surface area contributed by atoms with E-state index in [1.807, 2.05) is 6.07 Å². The van der Waals surface area contributed by atoms with Crippen molar-refractivity contribution in [3.63, 3.8) is 0 Å². The number of para-hydroxylation sites is 1. The van der Waals surface area contributed by atoms with E-state index in [2.05, 4.69) is 24.0 Å². The van der Waals surface area contributed by atoms with Crippen LogP contribution < -0.4 is 14.4 Å². The Balaban J connectivity index is 1.59. The smallest absolute Gasteiger partial charge is 0.296 e. The van der Waals surface area contributed by atoms with Crippen molar-refractivity contribution in [1.29, 1.82) is 0 Å². The minimum Gasteiger partial charge on any atom is -0.503 e. The number of furan rings is 1. The van der Waals surface area contributed by atoms with E-state index >= 15 is 0 Å². The molecule has 1 unspecified atom stereocenters. The molecular formula is C28H27N3O6S. The van der Waals surface area contributed by atoms with Crippen molar-refractivity contribution < 1.29 is 28.6 Å². The van der Waals surface area contributed by atoms with E-state index in [0.29, 0.717) is 45.6 Å². The fraction of sp³-hybridized carbons (Fsp3) is 0.286. The Labute approximate surface area is 223 Å². The highest BCUT2D eigenvalue weighted by atomic mass is 32.1. The van der Waals surface area contributed by atoms with Gasteiger partial charge in [0.2, 0.25) is 10.9 Å². The van der Waals surface area contributed by atoms with Crippen LogP contribution in [0.1, 0.15) is 47.4 Å². The molecule has 9 nitrogen and oxygen atoms in total. The Morgan fingerprint density at radius 2 is 1.97 bits per heavy atom. The molecule has 3 heterocycles. The zero-order valence-electron chi connectivity index (χ0n) is 21.4. The third-order valence-corrected chi connectivity index (χ3v) is 7.10. The monoisotopic (exact) mass is 533 g/mol. The first-order valence-corrected chi connectivity index (χ1v) is 13.0. The van der Waals surface area contributed by atoms with E-state index in [1.54, 1.807) is 49.4 Å². The average molecular weight is 534 g/mol. The number of rotatable bonds is 9. The molecule has 0 radical (unpaired) electrons. The molecule has 10 heteroatoms.